The normalized spacial score (nSPS) is 14.6. The van der Waals surface area contributed by atoms with Crippen molar-refractivity contribution in [3.05, 3.63) is 40.5 Å². The number of anilines is 3. The molecule has 0 spiro atoms. The predicted molar refractivity (Wildman–Crippen MR) is 85.6 cm³/mol. The molecular formula is C15H17BrN4. The van der Waals surface area contributed by atoms with Gasteiger partial charge in [-0.2, -0.15) is 4.98 Å². The van der Waals surface area contributed by atoms with Crippen molar-refractivity contribution in [1.82, 2.24) is 9.97 Å². The van der Waals surface area contributed by atoms with Crippen LogP contribution in [0.2, 0.25) is 0 Å². The van der Waals surface area contributed by atoms with Crippen molar-refractivity contribution in [2.75, 3.05) is 23.3 Å². The van der Waals surface area contributed by atoms with Crippen molar-refractivity contribution in [3.63, 3.8) is 0 Å². The number of hydrogen-bond acceptors (Lipinski definition) is 4. The molecule has 2 heterocycles. The van der Waals surface area contributed by atoms with E-state index in [9.17, 15) is 0 Å². The van der Waals surface area contributed by atoms with E-state index in [1.54, 1.807) is 0 Å². The van der Waals surface area contributed by atoms with Gasteiger partial charge in [0.2, 0.25) is 5.95 Å². The SMILES string of the molecule is Cc1cc(N2CCCC2)nc(Nc2ccccc2Br)n1. The van der Waals surface area contributed by atoms with E-state index in [0.29, 0.717) is 5.95 Å². The van der Waals surface area contributed by atoms with Gasteiger partial charge in [0.15, 0.2) is 0 Å². The Morgan fingerprint density at radius 1 is 1.15 bits per heavy atom. The fraction of sp³-hybridized carbons (Fsp3) is 0.333. The fourth-order valence-corrected chi connectivity index (χ4v) is 2.78. The number of hydrogen-bond donors (Lipinski definition) is 1. The van der Waals surface area contributed by atoms with Gasteiger partial charge in [-0.15, -0.1) is 0 Å². The predicted octanol–water partition coefficient (Wildman–Crippen LogP) is 3.89. The molecule has 0 aliphatic carbocycles. The molecular weight excluding hydrogens is 316 g/mol. The third-order valence-electron chi connectivity index (χ3n) is 3.39. The highest BCUT2D eigenvalue weighted by Gasteiger charge is 2.15. The van der Waals surface area contributed by atoms with Crippen molar-refractivity contribution in [2.45, 2.75) is 19.8 Å². The van der Waals surface area contributed by atoms with Gasteiger partial charge in [-0.05, 0) is 47.8 Å². The average Bonchev–Trinajstić information content (AvgIpc) is 2.95. The van der Waals surface area contributed by atoms with Crippen LogP contribution >= 0.6 is 15.9 Å². The fourth-order valence-electron chi connectivity index (χ4n) is 2.40. The molecule has 104 valence electrons. The summed E-state index contributed by atoms with van der Waals surface area (Å²) in [5, 5.41) is 3.28. The molecule has 1 N–H and O–H groups in total. The lowest BCUT2D eigenvalue weighted by Gasteiger charge is -2.18. The van der Waals surface area contributed by atoms with E-state index >= 15 is 0 Å². The maximum Gasteiger partial charge on any atom is 0.229 e. The second-order valence-corrected chi connectivity index (χ2v) is 5.84. The van der Waals surface area contributed by atoms with E-state index in [1.807, 2.05) is 31.2 Å². The summed E-state index contributed by atoms with van der Waals surface area (Å²) in [6.07, 6.45) is 2.49. The second kappa shape index (κ2) is 5.79. The number of aryl methyl sites for hydroxylation is 1. The summed E-state index contributed by atoms with van der Waals surface area (Å²) in [5.74, 6) is 1.67. The molecule has 0 amide bonds. The summed E-state index contributed by atoms with van der Waals surface area (Å²) in [4.78, 5) is 11.4. The molecule has 2 aromatic rings. The number of rotatable bonds is 3. The van der Waals surface area contributed by atoms with E-state index in [1.165, 1.54) is 12.8 Å². The van der Waals surface area contributed by atoms with Crippen LogP contribution in [-0.4, -0.2) is 23.1 Å². The van der Waals surface area contributed by atoms with Gasteiger partial charge in [0, 0.05) is 29.3 Å². The molecule has 5 heteroatoms. The van der Waals surface area contributed by atoms with Crippen LogP contribution in [0.5, 0.6) is 0 Å². The van der Waals surface area contributed by atoms with Crippen LogP contribution in [0.3, 0.4) is 0 Å². The zero-order valence-electron chi connectivity index (χ0n) is 11.4. The van der Waals surface area contributed by atoms with E-state index in [-0.39, 0.29) is 0 Å². The Balaban J connectivity index is 1.88. The summed E-state index contributed by atoms with van der Waals surface area (Å²) in [6, 6.07) is 10.0. The summed E-state index contributed by atoms with van der Waals surface area (Å²) in [7, 11) is 0. The van der Waals surface area contributed by atoms with E-state index in [2.05, 4.69) is 42.2 Å². The molecule has 0 atom stereocenters. The van der Waals surface area contributed by atoms with Crippen LogP contribution in [0.25, 0.3) is 0 Å². The maximum atomic E-state index is 4.63. The Bertz CT molecular complexity index is 609. The van der Waals surface area contributed by atoms with Gasteiger partial charge in [-0.3, -0.25) is 0 Å². The molecule has 1 aromatic heterocycles. The molecule has 0 unspecified atom stereocenters. The third-order valence-corrected chi connectivity index (χ3v) is 4.08. The minimum atomic E-state index is 0.652. The first-order valence-corrected chi connectivity index (χ1v) is 7.64. The first-order valence-electron chi connectivity index (χ1n) is 6.84. The Morgan fingerprint density at radius 2 is 1.90 bits per heavy atom. The molecule has 0 bridgehead atoms. The highest BCUT2D eigenvalue weighted by Crippen LogP contribution is 2.25. The number of halogens is 1. The van der Waals surface area contributed by atoms with Crippen LogP contribution in [0.1, 0.15) is 18.5 Å². The molecule has 1 aromatic carbocycles. The molecule has 0 radical (unpaired) electrons. The standard InChI is InChI=1S/C15H17BrN4/c1-11-10-14(20-8-4-5-9-20)19-15(17-11)18-13-7-3-2-6-12(13)16/h2-3,6-7,10H,4-5,8-9H2,1H3,(H,17,18,19). The molecule has 20 heavy (non-hydrogen) atoms. The molecule has 1 aliphatic rings. The number of para-hydroxylation sites is 1. The van der Waals surface area contributed by atoms with Gasteiger partial charge < -0.3 is 10.2 Å². The largest absolute Gasteiger partial charge is 0.356 e. The minimum absolute atomic E-state index is 0.652. The summed E-state index contributed by atoms with van der Waals surface area (Å²) >= 11 is 3.53. The number of nitrogens with zero attached hydrogens (tertiary/aromatic N) is 3. The van der Waals surface area contributed by atoms with E-state index < -0.39 is 0 Å². The van der Waals surface area contributed by atoms with Crippen molar-refractivity contribution >= 4 is 33.4 Å². The van der Waals surface area contributed by atoms with Crippen molar-refractivity contribution < 1.29 is 0 Å². The molecule has 3 rings (SSSR count). The van der Waals surface area contributed by atoms with Gasteiger partial charge in [-0.1, -0.05) is 12.1 Å². The Kier molecular flexibility index (Phi) is 3.87. The number of nitrogens with one attached hydrogen (secondary N) is 1. The van der Waals surface area contributed by atoms with Crippen molar-refractivity contribution in [1.29, 1.82) is 0 Å². The number of aromatic nitrogens is 2. The average molecular weight is 333 g/mol. The van der Waals surface area contributed by atoms with E-state index in [4.69, 9.17) is 0 Å². The van der Waals surface area contributed by atoms with Crippen molar-refractivity contribution in [2.24, 2.45) is 0 Å². The smallest absolute Gasteiger partial charge is 0.229 e. The number of benzene rings is 1. The van der Waals surface area contributed by atoms with Crippen molar-refractivity contribution in [3.8, 4) is 0 Å². The first-order chi connectivity index (χ1) is 9.72. The molecule has 1 aliphatic heterocycles. The molecule has 1 saturated heterocycles. The van der Waals surface area contributed by atoms with Crippen LogP contribution in [-0.2, 0) is 0 Å². The highest BCUT2D eigenvalue weighted by atomic mass is 79.9. The minimum Gasteiger partial charge on any atom is -0.356 e. The summed E-state index contributed by atoms with van der Waals surface area (Å²) in [6.45, 7) is 4.18. The van der Waals surface area contributed by atoms with Gasteiger partial charge >= 0.3 is 0 Å². The zero-order chi connectivity index (χ0) is 13.9. The Hall–Kier alpha value is -1.62. The van der Waals surface area contributed by atoms with Gasteiger partial charge in [-0.25, -0.2) is 4.98 Å². The van der Waals surface area contributed by atoms with Gasteiger partial charge in [0.05, 0.1) is 5.69 Å². The molecule has 4 nitrogen and oxygen atoms in total. The maximum absolute atomic E-state index is 4.63. The van der Waals surface area contributed by atoms with Crippen LogP contribution < -0.4 is 10.2 Å². The van der Waals surface area contributed by atoms with Crippen LogP contribution in [0.15, 0.2) is 34.8 Å². The Labute approximate surface area is 127 Å². The lowest BCUT2D eigenvalue weighted by Crippen LogP contribution is -2.19. The highest BCUT2D eigenvalue weighted by molar-refractivity contribution is 9.10. The van der Waals surface area contributed by atoms with Gasteiger partial charge in [0.1, 0.15) is 5.82 Å². The lowest BCUT2D eigenvalue weighted by atomic mass is 10.3. The van der Waals surface area contributed by atoms with Gasteiger partial charge in [0.25, 0.3) is 0 Å². The summed E-state index contributed by atoms with van der Waals surface area (Å²) in [5.41, 5.74) is 1.96. The van der Waals surface area contributed by atoms with Crippen LogP contribution in [0.4, 0.5) is 17.5 Å². The second-order valence-electron chi connectivity index (χ2n) is 4.99. The summed E-state index contributed by atoms with van der Waals surface area (Å²) < 4.78 is 1.01. The first kappa shape index (κ1) is 13.4. The Morgan fingerprint density at radius 3 is 2.65 bits per heavy atom. The monoisotopic (exact) mass is 332 g/mol. The quantitative estimate of drug-likeness (QED) is 0.925. The third kappa shape index (κ3) is 2.93. The molecule has 0 saturated carbocycles. The van der Waals surface area contributed by atoms with E-state index in [0.717, 1.165) is 34.8 Å². The zero-order valence-corrected chi connectivity index (χ0v) is 13.0. The molecule has 1 fully saturated rings. The topological polar surface area (TPSA) is 41.1 Å². The lowest BCUT2D eigenvalue weighted by molar-refractivity contribution is 0.923. The van der Waals surface area contributed by atoms with Crippen LogP contribution in [0, 0.1) is 6.92 Å².